The smallest absolute Gasteiger partial charge is 0.239 e. The van der Waals surface area contributed by atoms with Crippen LogP contribution in [0.4, 0.5) is 0 Å². The minimum atomic E-state index is -0.731. The van der Waals surface area contributed by atoms with Gasteiger partial charge in [-0.1, -0.05) is 48.0 Å². The van der Waals surface area contributed by atoms with Crippen LogP contribution < -0.4 is 16.4 Å². The summed E-state index contributed by atoms with van der Waals surface area (Å²) in [6, 6.07) is -1.41. The van der Waals surface area contributed by atoms with Crippen molar-refractivity contribution in [2.45, 2.75) is 72.9 Å². The molecule has 150 valence electrons. The Morgan fingerprint density at radius 1 is 0.962 bits per heavy atom. The van der Waals surface area contributed by atoms with Gasteiger partial charge in [-0.15, -0.1) is 0 Å². The van der Waals surface area contributed by atoms with Crippen LogP contribution in [0, 0.1) is 17.8 Å². The van der Waals surface area contributed by atoms with E-state index in [9.17, 15) is 19.2 Å². The van der Waals surface area contributed by atoms with Gasteiger partial charge in [-0.05, 0) is 12.3 Å². The first-order chi connectivity index (χ1) is 12.0. The van der Waals surface area contributed by atoms with Gasteiger partial charge in [0, 0.05) is 18.3 Å². The van der Waals surface area contributed by atoms with Gasteiger partial charge in [0.05, 0.1) is 18.6 Å². The van der Waals surface area contributed by atoms with E-state index in [0.717, 1.165) is 6.42 Å². The van der Waals surface area contributed by atoms with Crippen molar-refractivity contribution in [1.82, 2.24) is 10.6 Å². The van der Waals surface area contributed by atoms with Gasteiger partial charge in [0.1, 0.15) is 5.78 Å². The van der Waals surface area contributed by atoms with Crippen LogP contribution in [0.5, 0.6) is 0 Å². The average molecular weight is 370 g/mol. The third kappa shape index (κ3) is 8.56. The number of Topliss-reactive ketones (excluding diaryl/α,β-unsaturated/α-hetero) is 2. The summed E-state index contributed by atoms with van der Waals surface area (Å²) in [5.74, 6) is -1.30. The molecule has 0 heterocycles. The highest BCUT2D eigenvalue weighted by Gasteiger charge is 2.25. The van der Waals surface area contributed by atoms with E-state index >= 15 is 0 Å². The Morgan fingerprint density at radius 3 is 2.00 bits per heavy atom. The maximum absolute atomic E-state index is 12.3. The van der Waals surface area contributed by atoms with E-state index < -0.39 is 23.9 Å². The van der Waals surface area contributed by atoms with Crippen molar-refractivity contribution >= 4 is 23.4 Å². The molecule has 0 unspecified atom stereocenters. The standard InChI is InChI=1S/C19H35N3O4/c1-7-13(6)17(20)19(26)21-10-16(24)22-14(18(25)12(4)5)8-9-15(23)11(2)3/h11-14,17H,7-10,20H2,1-6H3,(H,21,26)(H,22,24)/t13-,14-,17-/m0/s1. The largest absolute Gasteiger partial charge is 0.346 e. The zero-order valence-corrected chi connectivity index (χ0v) is 16.9. The fourth-order valence-electron chi connectivity index (χ4n) is 2.31. The third-order valence-electron chi connectivity index (χ3n) is 4.55. The molecule has 0 saturated carbocycles. The van der Waals surface area contributed by atoms with Gasteiger partial charge < -0.3 is 16.4 Å². The SMILES string of the molecule is CC[C@H](C)[C@H](N)C(=O)NCC(=O)N[C@@H](CCC(=O)C(C)C)C(=O)C(C)C. The minimum absolute atomic E-state index is 0.00961. The highest BCUT2D eigenvalue weighted by molar-refractivity contribution is 5.93. The van der Waals surface area contributed by atoms with Crippen molar-refractivity contribution < 1.29 is 19.2 Å². The second kappa shape index (κ2) is 11.8. The molecule has 3 atom stereocenters. The molecule has 26 heavy (non-hydrogen) atoms. The number of ketones is 2. The van der Waals surface area contributed by atoms with E-state index in [-0.39, 0.29) is 48.7 Å². The molecule has 0 aromatic rings. The summed E-state index contributed by atoms with van der Waals surface area (Å²) in [4.78, 5) is 48.2. The third-order valence-corrected chi connectivity index (χ3v) is 4.55. The van der Waals surface area contributed by atoms with Gasteiger partial charge in [0.2, 0.25) is 11.8 Å². The second-order valence-corrected chi connectivity index (χ2v) is 7.47. The van der Waals surface area contributed by atoms with Gasteiger partial charge in [-0.2, -0.15) is 0 Å². The van der Waals surface area contributed by atoms with E-state index in [2.05, 4.69) is 10.6 Å². The summed E-state index contributed by atoms with van der Waals surface area (Å²) < 4.78 is 0. The Labute approximate surface area is 156 Å². The van der Waals surface area contributed by atoms with E-state index in [0.29, 0.717) is 0 Å². The zero-order valence-electron chi connectivity index (χ0n) is 16.9. The Kier molecular flexibility index (Phi) is 11.0. The molecule has 0 aliphatic rings. The van der Waals surface area contributed by atoms with Crippen LogP contribution in [0.1, 0.15) is 60.8 Å². The number of rotatable bonds is 12. The summed E-state index contributed by atoms with van der Waals surface area (Å²) in [5, 5.41) is 5.13. The molecule has 0 rings (SSSR count). The topological polar surface area (TPSA) is 118 Å². The Bertz CT molecular complexity index is 503. The fourth-order valence-corrected chi connectivity index (χ4v) is 2.31. The summed E-state index contributed by atoms with van der Waals surface area (Å²) in [6.45, 7) is 10.7. The first-order valence-corrected chi connectivity index (χ1v) is 9.40. The monoisotopic (exact) mass is 369 g/mol. The van der Waals surface area contributed by atoms with Crippen LogP contribution in [-0.4, -0.2) is 42.0 Å². The highest BCUT2D eigenvalue weighted by Crippen LogP contribution is 2.10. The van der Waals surface area contributed by atoms with Crippen LogP contribution in [0.15, 0.2) is 0 Å². The lowest BCUT2D eigenvalue weighted by atomic mass is 9.94. The molecule has 0 saturated heterocycles. The molecule has 0 aromatic heterocycles. The van der Waals surface area contributed by atoms with Crippen LogP contribution >= 0.6 is 0 Å². The Balaban J connectivity index is 4.69. The summed E-state index contributed by atoms with van der Waals surface area (Å²) in [7, 11) is 0. The van der Waals surface area contributed by atoms with Crippen LogP contribution in [-0.2, 0) is 19.2 Å². The van der Waals surface area contributed by atoms with Crippen molar-refractivity contribution in [2.24, 2.45) is 23.5 Å². The number of nitrogens with one attached hydrogen (secondary N) is 2. The fraction of sp³-hybridized carbons (Fsp3) is 0.789. The van der Waals surface area contributed by atoms with Crippen molar-refractivity contribution in [2.75, 3.05) is 6.54 Å². The van der Waals surface area contributed by atoms with Gasteiger partial charge >= 0.3 is 0 Å². The summed E-state index contributed by atoms with van der Waals surface area (Å²) in [5.41, 5.74) is 5.82. The lowest BCUT2D eigenvalue weighted by Crippen LogP contribution is -2.50. The van der Waals surface area contributed by atoms with Crippen molar-refractivity contribution in [3.8, 4) is 0 Å². The predicted molar refractivity (Wildman–Crippen MR) is 101 cm³/mol. The van der Waals surface area contributed by atoms with Gasteiger partial charge in [0.15, 0.2) is 5.78 Å². The maximum atomic E-state index is 12.3. The van der Waals surface area contributed by atoms with Gasteiger partial charge in [-0.25, -0.2) is 0 Å². The maximum Gasteiger partial charge on any atom is 0.239 e. The summed E-state index contributed by atoms with van der Waals surface area (Å²) in [6.07, 6.45) is 1.25. The van der Waals surface area contributed by atoms with E-state index in [1.807, 2.05) is 13.8 Å². The molecule has 7 heteroatoms. The Hall–Kier alpha value is -1.76. The van der Waals surface area contributed by atoms with E-state index in [4.69, 9.17) is 5.73 Å². The molecule has 0 aliphatic heterocycles. The molecule has 0 fully saturated rings. The molecule has 0 radical (unpaired) electrons. The van der Waals surface area contributed by atoms with Gasteiger partial charge in [0.25, 0.3) is 0 Å². The van der Waals surface area contributed by atoms with Crippen molar-refractivity contribution in [3.63, 3.8) is 0 Å². The quantitative estimate of drug-likeness (QED) is 0.477. The molecule has 0 aromatic carbocycles. The molecular weight excluding hydrogens is 334 g/mol. The highest BCUT2D eigenvalue weighted by atomic mass is 16.2. The number of amides is 2. The second-order valence-electron chi connectivity index (χ2n) is 7.47. The molecule has 0 spiro atoms. The normalized spacial score (nSPS) is 14.7. The molecule has 4 N–H and O–H groups in total. The van der Waals surface area contributed by atoms with Crippen LogP contribution in [0.3, 0.4) is 0 Å². The molecule has 2 amide bonds. The molecular formula is C19H35N3O4. The predicted octanol–water partition coefficient (Wildman–Crippen LogP) is 1.19. The average Bonchev–Trinajstić information content (AvgIpc) is 2.60. The van der Waals surface area contributed by atoms with E-state index in [1.54, 1.807) is 27.7 Å². The molecule has 7 nitrogen and oxygen atoms in total. The van der Waals surface area contributed by atoms with Crippen molar-refractivity contribution in [3.05, 3.63) is 0 Å². The first kappa shape index (κ1) is 24.2. The molecule has 0 bridgehead atoms. The first-order valence-electron chi connectivity index (χ1n) is 9.40. The number of nitrogens with two attached hydrogens (primary N) is 1. The summed E-state index contributed by atoms with van der Waals surface area (Å²) >= 11 is 0. The van der Waals surface area contributed by atoms with Crippen LogP contribution in [0.25, 0.3) is 0 Å². The number of hydrogen-bond donors (Lipinski definition) is 3. The lowest BCUT2D eigenvalue weighted by Gasteiger charge is -2.21. The van der Waals surface area contributed by atoms with E-state index in [1.165, 1.54) is 0 Å². The number of carbonyl (C=O) groups excluding carboxylic acids is 4. The minimum Gasteiger partial charge on any atom is -0.346 e. The molecule has 0 aliphatic carbocycles. The lowest BCUT2D eigenvalue weighted by molar-refractivity contribution is -0.131. The Morgan fingerprint density at radius 2 is 1.54 bits per heavy atom. The zero-order chi connectivity index (χ0) is 20.4. The number of hydrogen-bond acceptors (Lipinski definition) is 5. The van der Waals surface area contributed by atoms with Crippen molar-refractivity contribution in [1.29, 1.82) is 0 Å². The van der Waals surface area contributed by atoms with Crippen LogP contribution in [0.2, 0.25) is 0 Å². The van der Waals surface area contributed by atoms with Gasteiger partial charge in [-0.3, -0.25) is 19.2 Å². The number of carbonyl (C=O) groups is 4.